The maximum absolute atomic E-state index is 14.4. The van der Waals surface area contributed by atoms with E-state index in [4.69, 9.17) is 0 Å². The summed E-state index contributed by atoms with van der Waals surface area (Å²) in [7, 11) is 0. The van der Waals surface area contributed by atoms with Crippen LogP contribution in [0.25, 0.3) is 22.3 Å². The zero-order chi connectivity index (χ0) is 32.8. The third-order valence-corrected chi connectivity index (χ3v) is 12.2. The Kier molecular flexibility index (Phi) is 9.58. The second-order valence-electron chi connectivity index (χ2n) is 14.0. The van der Waals surface area contributed by atoms with E-state index in [1.807, 2.05) is 0 Å². The van der Waals surface area contributed by atoms with Gasteiger partial charge in [0.05, 0.1) is 0 Å². The second-order valence-corrected chi connectivity index (χ2v) is 15.8. The molecule has 46 heavy (non-hydrogen) atoms. The SMILES string of the molecule is CCCC1(CCC)c2cc(Br)ccc2-c2ccc(C(C)C(=O)C(C)c3ccc4c(c3)C(CCC)(CCC)c3cc(Br)ccc3-4)cc21. The number of Topliss-reactive ketones (excluding diaryl/α,β-unsaturated/α-hetero) is 1. The van der Waals surface area contributed by atoms with Crippen molar-refractivity contribution in [3.05, 3.63) is 115 Å². The lowest BCUT2D eigenvalue weighted by atomic mass is 9.70. The molecule has 0 saturated heterocycles. The molecule has 2 aliphatic rings. The summed E-state index contributed by atoms with van der Waals surface area (Å²) in [6.45, 7) is 13.4. The number of ketones is 1. The molecule has 4 aromatic carbocycles. The lowest BCUT2D eigenvalue weighted by Gasteiger charge is -2.33. The van der Waals surface area contributed by atoms with Crippen molar-refractivity contribution in [2.45, 2.75) is 116 Å². The van der Waals surface area contributed by atoms with E-state index in [0.29, 0.717) is 5.78 Å². The van der Waals surface area contributed by atoms with Gasteiger partial charge in [0, 0.05) is 31.6 Å². The van der Waals surface area contributed by atoms with Crippen LogP contribution in [0, 0.1) is 0 Å². The zero-order valence-corrected chi connectivity index (χ0v) is 31.6. The van der Waals surface area contributed by atoms with Gasteiger partial charge in [-0.05, 0) is 106 Å². The predicted molar refractivity (Wildman–Crippen MR) is 202 cm³/mol. The Morgan fingerprint density at radius 3 is 1.15 bits per heavy atom. The molecule has 2 atom stereocenters. The standard InChI is InChI=1S/C43H48Br2O/c1-7-19-42(20-8-2)37-23-29(11-15-33(37)35-17-13-31(44)25-39(35)42)27(5)41(46)28(6)30-12-16-34-36-18-14-32(45)26-40(36)43(21-9-3,22-10-4)38(34)24-30/h11-18,23-28H,7-10,19-22H2,1-6H3. The lowest BCUT2D eigenvalue weighted by Crippen LogP contribution is -2.26. The predicted octanol–water partition coefficient (Wildman–Crippen LogP) is 13.4. The van der Waals surface area contributed by atoms with E-state index in [9.17, 15) is 4.79 Å². The summed E-state index contributed by atoms with van der Waals surface area (Å²) < 4.78 is 2.28. The first-order chi connectivity index (χ1) is 22.1. The van der Waals surface area contributed by atoms with E-state index in [0.717, 1.165) is 71.4 Å². The van der Waals surface area contributed by atoms with Crippen LogP contribution in [0.15, 0.2) is 81.7 Å². The minimum atomic E-state index is -0.186. The smallest absolute Gasteiger partial charge is 0.147 e. The third kappa shape index (κ3) is 5.29. The Morgan fingerprint density at radius 2 is 0.826 bits per heavy atom. The van der Waals surface area contributed by atoms with Gasteiger partial charge in [0.2, 0.25) is 0 Å². The molecule has 3 heteroatoms. The highest BCUT2D eigenvalue weighted by molar-refractivity contribution is 9.10. The van der Waals surface area contributed by atoms with Gasteiger partial charge in [-0.15, -0.1) is 0 Å². The third-order valence-electron chi connectivity index (χ3n) is 11.3. The van der Waals surface area contributed by atoms with Crippen molar-refractivity contribution in [2.75, 3.05) is 0 Å². The largest absolute Gasteiger partial charge is 0.298 e. The summed E-state index contributed by atoms with van der Waals surface area (Å²) in [5.74, 6) is -0.0760. The van der Waals surface area contributed by atoms with Gasteiger partial charge in [0.15, 0.2) is 0 Å². The summed E-state index contributed by atoms with van der Waals surface area (Å²) in [5.41, 5.74) is 13.4. The van der Waals surface area contributed by atoms with Crippen LogP contribution >= 0.6 is 31.9 Å². The minimum Gasteiger partial charge on any atom is -0.298 e. The molecule has 0 saturated carbocycles. The first-order valence-electron chi connectivity index (χ1n) is 17.6. The lowest BCUT2D eigenvalue weighted by molar-refractivity contribution is -0.121. The van der Waals surface area contributed by atoms with Crippen LogP contribution in [0.5, 0.6) is 0 Å². The van der Waals surface area contributed by atoms with Crippen molar-refractivity contribution in [1.82, 2.24) is 0 Å². The Labute approximate surface area is 293 Å². The van der Waals surface area contributed by atoms with Crippen LogP contribution in [0.1, 0.15) is 138 Å². The fourth-order valence-corrected chi connectivity index (χ4v) is 9.97. The number of halogens is 2. The van der Waals surface area contributed by atoms with E-state index in [1.165, 1.54) is 44.5 Å². The monoisotopic (exact) mass is 738 g/mol. The molecule has 0 amide bonds. The molecule has 1 nitrogen and oxygen atoms in total. The first-order valence-corrected chi connectivity index (χ1v) is 19.2. The van der Waals surface area contributed by atoms with Gasteiger partial charge >= 0.3 is 0 Å². The van der Waals surface area contributed by atoms with Gasteiger partial charge in [-0.2, -0.15) is 0 Å². The molecule has 0 aromatic heterocycles. The van der Waals surface area contributed by atoms with Crippen molar-refractivity contribution >= 4 is 37.6 Å². The number of fused-ring (bicyclic) bond motifs is 6. The van der Waals surface area contributed by atoms with E-state index >= 15 is 0 Å². The molecular formula is C43H48Br2O. The van der Waals surface area contributed by atoms with Crippen LogP contribution in [-0.4, -0.2) is 5.78 Å². The van der Waals surface area contributed by atoms with Gasteiger partial charge < -0.3 is 0 Å². The van der Waals surface area contributed by atoms with Crippen molar-refractivity contribution in [3.8, 4) is 22.3 Å². The maximum Gasteiger partial charge on any atom is 0.147 e. The highest BCUT2D eigenvalue weighted by atomic mass is 79.9. The summed E-state index contributed by atoms with van der Waals surface area (Å²) in [6.07, 6.45) is 8.96. The minimum absolute atomic E-state index is 0.00574. The van der Waals surface area contributed by atoms with E-state index in [1.54, 1.807) is 0 Å². The first kappa shape index (κ1) is 33.4. The Balaban J connectivity index is 1.37. The molecule has 2 aliphatic carbocycles. The quantitative estimate of drug-likeness (QED) is 0.141. The van der Waals surface area contributed by atoms with Crippen molar-refractivity contribution < 1.29 is 4.79 Å². The Hall–Kier alpha value is -2.49. The highest BCUT2D eigenvalue weighted by Crippen LogP contribution is 2.56. The van der Waals surface area contributed by atoms with Crippen molar-refractivity contribution in [3.63, 3.8) is 0 Å². The van der Waals surface area contributed by atoms with Gasteiger partial charge in [0.25, 0.3) is 0 Å². The molecule has 240 valence electrons. The van der Waals surface area contributed by atoms with Crippen molar-refractivity contribution in [1.29, 1.82) is 0 Å². The van der Waals surface area contributed by atoms with Crippen LogP contribution in [0.4, 0.5) is 0 Å². The van der Waals surface area contributed by atoms with Gasteiger partial charge in [0.1, 0.15) is 5.78 Å². The molecule has 4 aromatic rings. The number of carbonyl (C=O) groups excluding carboxylic acids is 1. The molecule has 0 radical (unpaired) electrons. The number of hydrogen-bond acceptors (Lipinski definition) is 1. The average molecular weight is 741 g/mol. The van der Waals surface area contributed by atoms with E-state index in [2.05, 4.69) is 146 Å². The van der Waals surface area contributed by atoms with Crippen LogP contribution < -0.4 is 0 Å². The highest BCUT2D eigenvalue weighted by Gasteiger charge is 2.44. The topological polar surface area (TPSA) is 17.1 Å². The Bertz CT molecular complexity index is 1640. The molecule has 0 bridgehead atoms. The van der Waals surface area contributed by atoms with Gasteiger partial charge in [-0.3, -0.25) is 4.79 Å². The number of rotatable bonds is 12. The summed E-state index contributed by atoms with van der Waals surface area (Å²) >= 11 is 7.53. The molecule has 0 N–H and O–H groups in total. The van der Waals surface area contributed by atoms with E-state index in [-0.39, 0.29) is 22.7 Å². The number of carbonyl (C=O) groups is 1. The number of hydrogen-bond donors (Lipinski definition) is 0. The fraction of sp³-hybridized carbons (Fsp3) is 0.419. The molecule has 0 fully saturated rings. The van der Waals surface area contributed by atoms with Crippen LogP contribution in [0.3, 0.4) is 0 Å². The van der Waals surface area contributed by atoms with Gasteiger partial charge in [-0.25, -0.2) is 0 Å². The molecule has 2 unspecified atom stereocenters. The van der Waals surface area contributed by atoms with Crippen molar-refractivity contribution in [2.24, 2.45) is 0 Å². The maximum atomic E-state index is 14.4. The molecule has 0 heterocycles. The van der Waals surface area contributed by atoms with Crippen LogP contribution in [-0.2, 0) is 15.6 Å². The summed E-state index contributed by atoms with van der Waals surface area (Å²) in [6, 6.07) is 27.4. The molecule has 6 rings (SSSR count). The fourth-order valence-electron chi connectivity index (χ4n) is 9.25. The van der Waals surface area contributed by atoms with Crippen LogP contribution in [0.2, 0.25) is 0 Å². The zero-order valence-electron chi connectivity index (χ0n) is 28.4. The molecule has 0 aliphatic heterocycles. The molecular weight excluding hydrogens is 692 g/mol. The van der Waals surface area contributed by atoms with Gasteiger partial charge in [-0.1, -0.05) is 148 Å². The summed E-state index contributed by atoms with van der Waals surface area (Å²) in [5, 5.41) is 0. The second kappa shape index (κ2) is 13.2. The summed E-state index contributed by atoms with van der Waals surface area (Å²) in [4.78, 5) is 14.4. The Morgan fingerprint density at radius 1 is 0.522 bits per heavy atom. The normalized spacial score (nSPS) is 16.3. The van der Waals surface area contributed by atoms with E-state index < -0.39 is 0 Å². The average Bonchev–Trinajstić information content (AvgIpc) is 3.46. The number of benzene rings is 4. The molecule has 0 spiro atoms.